The van der Waals surface area contributed by atoms with E-state index in [1.54, 1.807) is 43.3 Å². The van der Waals surface area contributed by atoms with Gasteiger partial charge in [0.15, 0.2) is 11.5 Å². The van der Waals surface area contributed by atoms with Gasteiger partial charge >= 0.3 is 5.97 Å². The van der Waals surface area contributed by atoms with E-state index < -0.39 is 40.5 Å². The Bertz CT molecular complexity index is 1180. The molecule has 7 nitrogen and oxygen atoms in total. The lowest BCUT2D eigenvalue weighted by Gasteiger charge is -2.30. The number of hydrogen-bond acceptors (Lipinski definition) is 6. The van der Waals surface area contributed by atoms with E-state index in [4.69, 9.17) is 14.2 Å². The number of aliphatic hydroxyl groups is 1. The fourth-order valence-electron chi connectivity index (χ4n) is 4.31. The molecule has 1 aliphatic heterocycles. The predicted molar refractivity (Wildman–Crippen MR) is 140 cm³/mol. The Morgan fingerprint density at radius 3 is 2.32 bits per heavy atom. The number of carboxylic acid groups (broad SMARTS) is 1. The average molecular weight is 525 g/mol. The first-order valence-electron chi connectivity index (χ1n) is 12.4. The fraction of sp³-hybridized carbons (Fsp3) is 0.345. The Balaban J connectivity index is 1.54. The summed E-state index contributed by atoms with van der Waals surface area (Å²) in [5, 5.41) is 19.5. The van der Waals surface area contributed by atoms with Crippen LogP contribution in [-0.2, 0) is 25.1 Å². The minimum absolute atomic E-state index is 0.0622. The number of benzene rings is 3. The lowest BCUT2D eigenvalue weighted by molar-refractivity contribution is -0.195. The zero-order valence-electron chi connectivity index (χ0n) is 20.7. The minimum Gasteiger partial charge on any atom is -0.480 e. The molecule has 196 valence electrons. The van der Waals surface area contributed by atoms with Gasteiger partial charge in [-0.2, -0.15) is 0 Å². The number of aryl methyl sites for hydroxylation is 1. The van der Waals surface area contributed by atoms with Crippen molar-refractivity contribution < 1.29 is 33.4 Å². The first-order chi connectivity index (χ1) is 17.9. The summed E-state index contributed by atoms with van der Waals surface area (Å²) in [6.07, 6.45) is 0.00315. The molecule has 3 aromatic rings. The topological polar surface area (TPSA) is 102 Å². The summed E-state index contributed by atoms with van der Waals surface area (Å²) in [5.74, 6) is 0.0117. The van der Waals surface area contributed by atoms with Crippen molar-refractivity contribution in [3.8, 4) is 11.5 Å². The zero-order valence-corrected chi connectivity index (χ0v) is 21.5. The van der Waals surface area contributed by atoms with Gasteiger partial charge in [-0.05, 0) is 67.6 Å². The van der Waals surface area contributed by atoms with Gasteiger partial charge in [-0.3, -0.25) is 9.00 Å². The third-order valence-electron chi connectivity index (χ3n) is 6.27. The van der Waals surface area contributed by atoms with Crippen LogP contribution in [0.1, 0.15) is 42.9 Å². The molecule has 0 radical (unpaired) electrons. The van der Waals surface area contributed by atoms with Crippen LogP contribution in [0.25, 0.3) is 0 Å². The van der Waals surface area contributed by atoms with Crippen LogP contribution >= 0.6 is 0 Å². The molecule has 1 fully saturated rings. The van der Waals surface area contributed by atoms with Crippen LogP contribution in [0.2, 0.25) is 0 Å². The highest BCUT2D eigenvalue weighted by molar-refractivity contribution is 7.86. The molecule has 1 saturated heterocycles. The van der Waals surface area contributed by atoms with Gasteiger partial charge in [0.25, 0.3) is 0 Å². The molecule has 3 aromatic carbocycles. The van der Waals surface area contributed by atoms with Gasteiger partial charge in [0.05, 0.1) is 23.0 Å². The minimum atomic E-state index is -1.96. The maximum absolute atomic E-state index is 13.3. The SMILES string of the molecule is Cc1ccccc1[S@@](=O)C(C(=O)O)[C@@H](O)C[C@H](OC1CCCCO1)c1ccc(Oc2ccccc2)cc1. The largest absolute Gasteiger partial charge is 0.480 e. The summed E-state index contributed by atoms with van der Waals surface area (Å²) in [7, 11) is -1.96. The average Bonchev–Trinajstić information content (AvgIpc) is 2.90. The van der Waals surface area contributed by atoms with E-state index in [1.165, 1.54) is 0 Å². The Morgan fingerprint density at radius 2 is 1.68 bits per heavy atom. The van der Waals surface area contributed by atoms with Crippen LogP contribution in [0.5, 0.6) is 11.5 Å². The summed E-state index contributed by atoms with van der Waals surface area (Å²) >= 11 is 0. The van der Waals surface area contributed by atoms with Crippen molar-refractivity contribution in [3.05, 3.63) is 90.0 Å². The van der Waals surface area contributed by atoms with Gasteiger partial charge in [-0.1, -0.05) is 48.5 Å². The number of aliphatic carboxylic acids is 1. The highest BCUT2D eigenvalue weighted by Crippen LogP contribution is 2.32. The highest BCUT2D eigenvalue weighted by Gasteiger charge is 2.36. The molecule has 2 N–H and O–H groups in total. The zero-order chi connectivity index (χ0) is 26.2. The molecular formula is C29H32O7S. The standard InChI is InChI=1S/C29H32O7S/c1-20-9-5-6-12-26(20)37(33)28(29(31)32)24(30)19-25(36-27-13-7-8-18-34-27)21-14-16-23(17-15-21)35-22-10-3-2-4-11-22/h2-6,9-12,14-17,24-25,27-28,30H,7-8,13,18-19H2,1H3,(H,31,32)/t24-,25-,27?,28?,37+/m0/s1. The van der Waals surface area contributed by atoms with E-state index in [1.807, 2.05) is 42.5 Å². The molecule has 1 aliphatic rings. The van der Waals surface area contributed by atoms with Gasteiger partial charge in [0, 0.05) is 17.9 Å². The number of carboxylic acids is 1. The van der Waals surface area contributed by atoms with E-state index in [0.29, 0.717) is 35.0 Å². The molecule has 2 unspecified atom stereocenters. The first kappa shape index (κ1) is 27.0. The first-order valence-corrected chi connectivity index (χ1v) is 13.6. The molecular weight excluding hydrogens is 492 g/mol. The van der Waals surface area contributed by atoms with Crippen molar-refractivity contribution in [2.24, 2.45) is 0 Å². The van der Waals surface area contributed by atoms with Crippen molar-refractivity contribution >= 4 is 16.8 Å². The maximum atomic E-state index is 13.3. The summed E-state index contributed by atoms with van der Waals surface area (Å²) in [5.41, 5.74) is 1.44. The van der Waals surface area contributed by atoms with Crippen molar-refractivity contribution in [3.63, 3.8) is 0 Å². The van der Waals surface area contributed by atoms with E-state index in [2.05, 4.69) is 0 Å². The Hall–Kier alpha value is -3.04. The molecule has 5 atom stereocenters. The predicted octanol–water partition coefficient (Wildman–Crippen LogP) is 5.38. The van der Waals surface area contributed by atoms with Crippen LogP contribution in [0.4, 0.5) is 0 Å². The molecule has 0 saturated carbocycles. The van der Waals surface area contributed by atoms with Crippen molar-refractivity contribution in [2.45, 2.75) is 61.3 Å². The Morgan fingerprint density at radius 1 is 1.00 bits per heavy atom. The van der Waals surface area contributed by atoms with Crippen LogP contribution in [0.15, 0.2) is 83.8 Å². The molecule has 37 heavy (non-hydrogen) atoms. The van der Waals surface area contributed by atoms with Crippen molar-refractivity contribution in [1.29, 1.82) is 0 Å². The van der Waals surface area contributed by atoms with Crippen LogP contribution in [0, 0.1) is 6.92 Å². The third-order valence-corrected chi connectivity index (χ3v) is 8.14. The second-order valence-electron chi connectivity index (χ2n) is 9.03. The number of aliphatic hydroxyl groups excluding tert-OH is 1. The number of hydrogen-bond donors (Lipinski definition) is 2. The van der Waals surface area contributed by atoms with Crippen LogP contribution < -0.4 is 4.74 Å². The molecule has 0 spiro atoms. The quantitative estimate of drug-likeness (QED) is 0.347. The molecule has 0 aliphatic carbocycles. The molecule has 1 heterocycles. The van der Waals surface area contributed by atoms with E-state index >= 15 is 0 Å². The van der Waals surface area contributed by atoms with Gasteiger partial charge in [-0.25, -0.2) is 0 Å². The number of rotatable bonds is 11. The number of carbonyl (C=O) groups is 1. The van der Waals surface area contributed by atoms with Crippen LogP contribution in [0.3, 0.4) is 0 Å². The Labute approximate surface area is 219 Å². The molecule has 0 aromatic heterocycles. The third kappa shape index (κ3) is 7.26. The summed E-state index contributed by atoms with van der Waals surface area (Å²) in [6, 6.07) is 23.5. The normalized spacial score (nSPS) is 18.9. The van der Waals surface area contributed by atoms with Gasteiger partial charge in [0.1, 0.15) is 11.5 Å². The molecule has 0 bridgehead atoms. The van der Waals surface area contributed by atoms with Crippen molar-refractivity contribution in [2.75, 3.05) is 6.61 Å². The second-order valence-corrected chi connectivity index (χ2v) is 10.6. The van der Waals surface area contributed by atoms with E-state index in [0.717, 1.165) is 18.4 Å². The highest BCUT2D eigenvalue weighted by atomic mass is 32.2. The van der Waals surface area contributed by atoms with Crippen LogP contribution in [-0.4, -0.2) is 44.6 Å². The Kier molecular flexibility index (Phi) is 9.46. The van der Waals surface area contributed by atoms with E-state index in [-0.39, 0.29) is 6.42 Å². The summed E-state index contributed by atoms with van der Waals surface area (Å²) in [4.78, 5) is 12.6. The van der Waals surface area contributed by atoms with E-state index in [9.17, 15) is 19.2 Å². The smallest absolute Gasteiger partial charge is 0.322 e. The fourth-order valence-corrected chi connectivity index (χ4v) is 5.76. The number of para-hydroxylation sites is 1. The second kappa shape index (κ2) is 13.0. The monoisotopic (exact) mass is 524 g/mol. The number of ether oxygens (including phenoxy) is 3. The van der Waals surface area contributed by atoms with Gasteiger partial charge in [0.2, 0.25) is 0 Å². The van der Waals surface area contributed by atoms with Gasteiger partial charge < -0.3 is 24.4 Å². The van der Waals surface area contributed by atoms with Gasteiger partial charge in [-0.15, -0.1) is 0 Å². The summed E-state index contributed by atoms with van der Waals surface area (Å²) < 4.78 is 31.1. The molecule has 4 rings (SSSR count). The lowest BCUT2D eigenvalue weighted by atomic mass is 10.0. The maximum Gasteiger partial charge on any atom is 0.322 e. The van der Waals surface area contributed by atoms with Crippen molar-refractivity contribution in [1.82, 2.24) is 0 Å². The summed E-state index contributed by atoms with van der Waals surface area (Å²) in [6.45, 7) is 2.35. The lowest BCUT2D eigenvalue weighted by Crippen LogP contribution is -2.39. The molecule has 8 heteroatoms. The molecule has 0 amide bonds.